The van der Waals surface area contributed by atoms with Crippen LogP contribution in [0.1, 0.15) is 16.7 Å². The molecule has 0 aromatic heterocycles. The van der Waals surface area contributed by atoms with Crippen molar-refractivity contribution in [3.05, 3.63) is 87.4 Å². The highest BCUT2D eigenvalue weighted by molar-refractivity contribution is 6.32. The third-order valence-corrected chi connectivity index (χ3v) is 5.09. The maximum atomic E-state index is 6.47. The van der Waals surface area contributed by atoms with Crippen LogP contribution in [0.3, 0.4) is 0 Å². The van der Waals surface area contributed by atoms with Gasteiger partial charge in [-0.05, 0) is 41.5 Å². The van der Waals surface area contributed by atoms with E-state index >= 15 is 0 Å². The Hall–Kier alpha value is -2.40. The van der Waals surface area contributed by atoms with Crippen molar-refractivity contribution in [2.45, 2.75) is 19.7 Å². The molecule has 29 heavy (non-hydrogen) atoms. The van der Waals surface area contributed by atoms with Crippen molar-refractivity contribution in [3.63, 3.8) is 0 Å². The lowest BCUT2D eigenvalue weighted by Gasteiger charge is -2.15. The molecule has 152 valence electrons. The van der Waals surface area contributed by atoms with Crippen molar-refractivity contribution in [1.82, 2.24) is 5.32 Å². The molecule has 0 aliphatic heterocycles. The topological polar surface area (TPSA) is 39.7 Å². The van der Waals surface area contributed by atoms with Crippen LogP contribution < -0.4 is 19.5 Å². The standard InChI is InChI=1S/C23H23Cl2NO3/c1-27-19-9-7-16(8-10-19)13-26-14-17-11-21(25)23(22(12-17)28-2)29-15-18-5-3-4-6-20(18)24/h3-12,26H,13-15H2,1-2H3. The highest BCUT2D eigenvalue weighted by Crippen LogP contribution is 2.37. The first-order valence-electron chi connectivity index (χ1n) is 9.17. The van der Waals surface area contributed by atoms with E-state index in [4.69, 9.17) is 37.4 Å². The Morgan fingerprint density at radius 3 is 2.21 bits per heavy atom. The molecule has 0 heterocycles. The van der Waals surface area contributed by atoms with Gasteiger partial charge in [-0.15, -0.1) is 0 Å². The smallest absolute Gasteiger partial charge is 0.180 e. The van der Waals surface area contributed by atoms with E-state index in [2.05, 4.69) is 5.32 Å². The monoisotopic (exact) mass is 431 g/mol. The molecular formula is C23H23Cl2NO3. The Kier molecular flexibility index (Phi) is 7.64. The number of ether oxygens (including phenoxy) is 3. The molecule has 3 rings (SSSR count). The van der Waals surface area contributed by atoms with E-state index in [-0.39, 0.29) is 0 Å². The van der Waals surface area contributed by atoms with Crippen LogP contribution in [-0.2, 0) is 19.7 Å². The average Bonchev–Trinajstić information content (AvgIpc) is 2.74. The summed E-state index contributed by atoms with van der Waals surface area (Å²) in [6.07, 6.45) is 0. The van der Waals surface area contributed by atoms with E-state index < -0.39 is 0 Å². The van der Waals surface area contributed by atoms with Crippen molar-refractivity contribution >= 4 is 23.2 Å². The molecule has 0 bridgehead atoms. The highest BCUT2D eigenvalue weighted by atomic mass is 35.5. The zero-order valence-electron chi connectivity index (χ0n) is 16.4. The van der Waals surface area contributed by atoms with Gasteiger partial charge < -0.3 is 19.5 Å². The third-order valence-electron chi connectivity index (χ3n) is 4.44. The molecule has 4 nitrogen and oxygen atoms in total. The molecule has 0 radical (unpaired) electrons. The van der Waals surface area contributed by atoms with Crippen LogP contribution in [0.2, 0.25) is 10.0 Å². The first-order valence-corrected chi connectivity index (χ1v) is 9.92. The average molecular weight is 432 g/mol. The fourth-order valence-corrected chi connectivity index (χ4v) is 3.35. The van der Waals surface area contributed by atoms with Gasteiger partial charge in [0.25, 0.3) is 0 Å². The summed E-state index contributed by atoms with van der Waals surface area (Å²) in [6.45, 7) is 1.69. The molecule has 0 spiro atoms. The number of benzene rings is 3. The van der Waals surface area contributed by atoms with E-state index in [1.807, 2.05) is 60.7 Å². The van der Waals surface area contributed by atoms with Crippen molar-refractivity contribution in [3.8, 4) is 17.2 Å². The van der Waals surface area contributed by atoms with Gasteiger partial charge in [0.05, 0.1) is 19.2 Å². The molecule has 0 aliphatic rings. The second-order valence-corrected chi connectivity index (χ2v) is 7.26. The maximum absolute atomic E-state index is 6.47. The van der Waals surface area contributed by atoms with Crippen molar-refractivity contribution < 1.29 is 14.2 Å². The van der Waals surface area contributed by atoms with Gasteiger partial charge in [0.2, 0.25) is 0 Å². The lowest BCUT2D eigenvalue weighted by atomic mass is 10.1. The highest BCUT2D eigenvalue weighted by Gasteiger charge is 2.13. The van der Waals surface area contributed by atoms with E-state index in [0.717, 1.165) is 23.4 Å². The van der Waals surface area contributed by atoms with Crippen LogP contribution in [0.25, 0.3) is 0 Å². The second-order valence-electron chi connectivity index (χ2n) is 6.44. The fraction of sp³-hybridized carbons (Fsp3) is 0.217. The number of hydrogen-bond acceptors (Lipinski definition) is 4. The minimum absolute atomic E-state index is 0.310. The molecule has 1 N–H and O–H groups in total. The molecule has 0 saturated carbocycles. The Labute approximate surface area is 181 Å². The van der Waals surface area contributed by atoms with Gasteiger partial charge in [-0.1, -0.05) is 53.5 Å². The predicted molar refractivity (Wildman–Crippen MR) is 117 cm³/mol. The first kappa shape index (κ1) is 21.3. The van der Waals surface area contributed by atoms with E-state index in [1.165, 1.54) is 5.56 Å². The van der Waals surface area contributed by atoms with Crippen LogP contribution >= 0.6 is 23.2 Å². The Morgan fingerprint density at radius 1 is 0.793 bits per heavy atom. The predicted octanol–water partition coefficient (Wildman–Crippen LogP) is 5.88. The number of hydrogen-bond donors (Lipinski definition) is 1. The summed E-state index contributed by atoms with van der Waals surface area (Å²) >= 11 is 12.7. The number of nitrogens with one attached hydrogen (secondary N) is 1. The zero-order chi connectivity index (χ0) is 20.6. The summed E-state index contributed by atoms with van der Waals surface area (Å²) in [5, 5.41) is 4.56. The minimum atomic E-state index is 0.310. The molecule has 0 unspecified atom stereocenters. The maximum Gasteiger partial charge on any atom is 0.180 e. The van der Waals surface area contributed by atoms with Gasteiger partial charge in [-0.25, -0.2) is 0 Å². The second kappa shape index (κ2) is 10.4. The zero-order valence-corrected chi connectivity index (χ0v) is 17.9. The van der Waals surface area contributed by atoms with Crippen LogP contribution in [-0.4, -0.2) is 14.2 Å². The molecule has 0 atom stereocenters. The Bertz CT molecular complexity index is 945. The van der Waals surface area contributed by atoms with Crippen LogP contribution in [0.4, 0.5) is 0 Å². The fourth-order valence-electron chi connectivity index (χ4n) is 2.88. The van der Waals surface area contributed by atoms with E-state index in [0.29, 0.717) is 34.7 Å². The van der Waals surface area contributed by atoms with Gasteiger partial charge in [0, 0.05) is 23.7 Å². The molecule has 0 aliphatic carbocycles. The van der Waals surface area contributed by atoms with Gasteiger partial charge in [0.1, 0.15) is 12.4 Å². The summed E-state index contributed by atoms with van der Waals surface area (Å²) < 4.78 is 16.6. The lowest BCUT2D eigenvalue weighted by molar-refractivity contribution is 0.284. The summed E-state index contributed by atoms with van der Waals surface area (Å²) in [4.78, 5) is 0. The Balaban J connectivity index is 1.63. The van der Waals surface area contributed by atoms with Crippen molar-refractivity contribution in [2.24, 2.45) is 0 Å². The third kappa shape index (κ3) is 5.80. The summed E-state index contributed by atoms with van der Waals surface area (Å²) in [5.74, 6) is 1.94. The van der Waals surface area contributed by atoms with Gasteiger partial charge in [0.15, 0.2) is 11.5 Å². The van der Waals surface area contributed by atoms with E-state index in [1.54, 1.807) is 14.2 Å². The number of rotatable bonds is 9. The minimum Gasteiger partial charge on any atom is -0.497 e. The summed E-state index contributed by atoms with van der Waals surface area (Å²) in [5.41, 5.74) is 3.06. The van der Waals surface area contributed by atoms with E-state index in [9.17, 15) is 0 Å². The molecule has 0 amide bonds. The lowest BCUT2D eigenvalue weighted by Crippen LogP contribution is -2.13. The van der Waals surface area contributed by atoms with Gasteiger partial charge in [-0.3, -0.25) is 0 Å². The number of methoxy groups -OCH3 is 2. The van der Waals surface area contributed by atoms with Crippen molar-refractivity contribution in [1.29, 1.82) is 0 Å². The normalized spacial score (nSPS) is 10.6. The quantitative estimate of drug-likeness (QED) is 0.459. The molecule has 3 aromatic rings. The van der Waals surface area contributed by atoms with Crippen LogP contribution in [0, 0.1) is 0 Å². The molecule has 6 heteroatoms. The van der Waals surface area contributed by atoms with Crippen LogP contribution in [0.15, 0.2) is 60.7 Å². The van der Waals surface area contributed by atoms with Crippen LogP contribution in [0.5, 0.6) is 17.2 Å². The summed E-state index contributed by atoms with van der Waals surface area (Å²) in [6, 6.07) is 19.3. The van der Waals surface area contributed by atoms with Gasteiger partial charge >= 0.3 is 0 Å². The Morgan fingerprint density at radius 2 is 1.52 bits per heavy atom. The molecular weight excluding hydrogens is 409 g/mol. The molecule has 0 fully saturated rings. The summed E-state index contributed by atoms with van der Waals surface area (Å²) in [7, 11) is 3.26. The molecule has 3 aromatic carbocycles. The SMILES string of the molecule is COc1ccc(CNCc2cc(Cl)c(OCc3ccccc3Cl)c(OC)c2)cc1. The van der Waals surface area contributed by atoms with Gasteiger partial charge in [-0.2, -0.15) is 0 Å². The first-order chi connectivity index (χ1) is 14.1. The van der Waals surface area contributed by atoms with Crippen molar-refractivity contribution in [2.75, 3.05) is 14.2 Å². The largest absolute Gasteiger partial charge is 0.497 e. The molecule has 0 saturated heterocycles. The number of halogens is 2.